The molecule has 2 rings (SSSR count). The van der Waals surface area contributed by atoms with Crippen LogP contribution < -0.4 is 10.6 Å². The number of aryl methyl sites for hydroxylation is 1. The molecule has 0 unspecified atom stereocenters. The second-order valence-corrected chi connectivity index (χ2v) is 4.38. The Morgan fingerprint density at radius 3 is 2.40 bits per heavy atom. The molecule has 2 amide bonds. The van der Waals surface area contributed by atoms with Gasteiger partial charge in [-0.3, -0.25) is 14.9 Å². The van der Waals surface area contributed by atoms with E-state index in [4.69, 9.17) is 11.6 Å². The Labute approximate surface area is 120 Å². The number of amides is 2. The van der Waals surface area contributed by atoms with Crippen molar-refractivity contribution in [2.45, 2.75) is 6.92 Å². The Balaban J connectivity index is 2.03. The molecule has 1 aromatic carbocycles. The number of carbonyl (C=O) groups is 2. The van der Waals surface area contributed by atoms with Crippen LogP contribution in [0.3, 0.4) is 0 Å². The molecule has 2 aromatic rings. The first-order chi connectivity index (χ1) is 9.56. The third kappa shape index (κ3) is 3.52. The SMILES string of the molecule is Cc1cc(Cl)ccc1NC(=O)C(=O)Nc1ncccn1. The summed E-state index contributed by atoms with van der Waals surface area (Å²) in [6.07, 6.45) is 2.92. The molecule has 102 valence electrons. The lowest BCUT2D eigenvalue weighted by Crippen LogP contribution is -2.30. The number of carbonyl (C=O) groups excluding carboxylic acids is 2. The molecule has 1 heterocycles. The molecule has 0 saturated carbocycles. The van der Waals surface area contributed by atoms with Gasteiger partial charge in [-0.2, -0.15) is 0 Å². The van der Waals surface area contributed by atoms with Crippen LogP contribution >= 0.6 is 11.6 Å². The van der Waals surface area contributed by atoms with Crippen molar-refractivity contribution >= 4 is 35.1 Å². The zero-order valence-electron chi connectivity index (χ0n) is 10.6. The second kappa shape index (κ2) is 6.12. The molecule has 1 aromatic heterocycles. The number of hydrogen-bond donors (Lipinski definition) is 2. The minimum Gasteiger partial charge on any atom is -0.318 e. The van der Waals surface area contributed by atoms with Crippen molar-refractivity contribution in [1.29, 1.82) is 0 Å². The van der Waals surface area contributed by atoms with Gasteiger partial charge in [0.1, 0.15) is 0 Å². The number of benzene rings is 1. The van der Waals surface area contributed by atoms with Crippen LogP contribution in [-0.4, -0.2) is 21.8 Å². The van der Waals surface area contributed by atoms with E-state index in [1.165, 1.54) is 12.4 Å². The minimum atomic E-state index is -0.842. The normalized spacial score (nSPS) is 9.90. The van der Waals surface area contributed by atoms with E-state index in [9.17, 15) is 9.59 Å². The molecule has 7 heteroatoms. The second-order valence-electron chi connectivity index (χ2n) is 3.94. The van der Waals surface area contributed by atoms with Crippen molar-refractivity contribution in [3.63, 3.8) is 0 Å². The summed E-state index contributed by atoms with van der Waals surface area (Å²) < 4.78 is 0. The first-order valence-corrected chi connectivity index (χ1v) is 6.09. The molecule has 0 aliphatic heterocycles. The maximum absolute atomic E-state index is 11.7. The number of aromatic nitrogens is 2. The third-order valence-corrected chi connectivity index (χ3v) is 2.67. The standard InChI is InChI=1S/C13H11ClN4O2/c1-8-7-9(14)3-4-10(8)17-11(19)12(20)18-13-15-5-2-6-16-13/h2-7H,1H3,(H,17,19)(H,15,16,18,20). The number of rotatable bonds is 2. The van der Waals surface area contributed by atoms with Gasteiger partial charge in [-0.05, 0) is 36.8 Å². The third-order valence-electron chi connectivity index (χ3n) is 2.43. The predicted octanol–water partition coefficient (Wildman–Crippen LogP) is 2.02. The first-order valence-electron chi connectivity index (χ1n) is 5.72. The van der Waals surface area contributed by atoms with E-state index in [-0.39, 0.29) is 5.95 Å². The predicted molar refractivity (Wildman–Crippen MR) is 75.5 cm³/mol. The van der Waals surface area contributed by atoms with Gasteiger partial charge in [0, 0.05) is 23.1 Å². The quantitative estimate of drug-likeness (QED) is 0.829. The minimum absolute atomic E-state index is 0.0699. The van der Waals surface area contributed by atoms with E-state index in [1.54, 1.807) is 31.2 Å². The fraction of sp³-hybridized carbons (Fsp3) is 0.0769. The van der Waals surface area contributed by atoms with E-state index < -0.39 is 11.8 Å². The van der Waals surface area contributed by atoms with E-state index in [0.717, 1.165) is 5.56 Å². The molecule has 0 aliphatic rings. The van der Waals surface area contributed by atoms with Crippen LogP contribution in [0.2, 0.25) is 5.02 Å². The Kier molecular flexibility index (Phi) is 4.27. The topological polar surface area (TPSA) is 84.0 Å². The summed E-state index contributed by atoms with van der Waals surface area (Å²) in [7, 11) is 0. The molecular formula is C13H11ClN4O2. The molecule has 20 heavy (non-hydrogen) atoms. The average molecular weight is 291 g/mol. The zero-order chi connectivity index (χ0) is 14.5. The lowest BCUT2D eigenvalue weighted by atomic mass is 10.2. The van der Waals surface area contributed by atoms with Crippen LogP contribution in [0.25, 0.3) is 0 Å². The molecule has 0 radical (unpaired) electrons. The van der Waals surface area contributed by atoms with Crippen molar-refractivity contribution in [1.82, 2.24) is 9.97 Å². The van der Waals surface area contributed by atoms with E-state index in [1.807, 2.05) is 0 Å². The van der Waals surface area contributed by atoms with Crippen LogP contribution in [0, 0.1) is 6.92 Å². The molecular weight excluding hydrogens is 280 g/mol. The van der Waals surface area contributed by atoms with Crippen LogP contribution in [-0.2, 0) is 9.59 Å². The number of anilines is 2. The van der Waals surface area contributed by atoms with E-state index in [0.29, 0.717) is 10.7 Å². The highest BCUT2D eigenvalue weighted by Gasteiger charge is 2.15. The molecule has 0 atom stereocenters. The average Bonchev–Trinajstić information content (AvgIpc) is 2.43. The van der Waals surface area contributed by atoms with Crippen molar-refractivity contribution < 1.29 is 9.59 Å². The summed E-state index contributed by atoms with van der Waals surface area (Å²) in [5.74, 6) is -1.58. The molecule has 0 aliphatic carbocycles. The summed E-state index contributed by atoms with van der Waals surface area (Å²) in [5.41, 5.74) is 1.28. The van der Waals surface area contributed by atoms with E-state index >= 15 is 0 Å². The van der Waals surface area contributed by atoms with Crippen LogP contribution in [0.5, 0.6) is 0 Å². The van der Waals surface area contributed by atoms with Gasteiger partial charge in [-0.15, -0.1) is 0 Å². The molecule has 0 fully saturated rings. The lowest BCUT2D eigenvalue weighted by Gasteiger charge is -2.08. The smallest absolute Gasteiger partial charge is 0.316 e. The maximum atomic E-state index is 11.7. The van der Waals surface area contributed by atoms with Crippen LogP contribution in [0.15, 0.2) is 36.7 Å². The van der Waals surface area contributed by atoms with Crippen molar-refractivity contribution in [2.24, 2.45) is 0 Å². The van der Waals surface area contributed by atoms with Gasteiger partial charge in [-0.25, -0.2) is 9.97 Å². The Morgan fingerprint density at radius 1 is 1.10 bits per heavy atom. The number of hydrogen-bond acceptors (Lipinski definition) is 4. The van der Waals surface area contributed by atoms with Gasteiger partial charge in [0.2, 0.25) is 5.95 Å². The van der Waals surface area contributed by atoms with Crippen molar-refractivity contribution in [2.75, 3.05) is 10.6 Å². The lowest BCUT2D eigenvalue weighted by molar-refractivity contribution is -0.133. The van der Waals surface area contributed by atoms with Gasteiger partial charge < -0.3 is 5.32 Å². The molecule has 0 bridgehead atoms. The summed E-state index contributed by atoms with van der Waals surface area (Å²) in [6.45, 7) is 1.78. The van der Waals surface area contributed by atoms with Gasteiger partial charge in [0.25, 0.3) is 0 Å². The van der Waals surface area contributed by atoms with Gasteiger partial charge in [-0.1, -0.05) is 11.6 Å². The summed E-state index contributed by atoms with van der Waals surface area (Å²) >= 11 is 5.81. The molecule has 0 spiro atoms. The Hall–Kier alpha value is -2.47. The molecule has 6 nitrogen and oxygen atoms in total. The van der Waals surface area contributed by atoms with Crippen LogP contribution in [0.4, 0.5) is 11.6 Å². The summed E-state index contributed by atoms with van der Waals surface area (Å²) in [5, 5.41) is 5.34. The van der Waals surface area contributed by atoms with Crippen molar-refractivity contribution in [3.8, 4) is 0 Å². The molecule has 0 saturated heterocycles. The monoisotopic (exact) mass is 290 g/mol. The highest BCUT2D eigenvalue weighted by molar-refractivity contribution is 6.43. The van der Waals surface area contributed by atoms with Gasteiger partial charge in [0.05, 0.1) is 0 Å². The fourth-order valence-corrected chi connectivity index (χ4v) is 1.70. The number of halogens is 1. The largest absolute Gasteiger partial charge is 0.318 e. The van der Waals surface area contributed by atoms with Gasteiger partial charge in [0.15, 0.2) is 0 Å². The summed E-state index contributed by atoms with van der Waals surface area (Å²) in [6, 6.07) is 6.55. The maximum Gasteiger partial charge on any atom is 0.316 e. The van der Waals surface area contributed by atoms with Crippen molar-refractivity contribution in [3.05, 3.63) is 47.2 Å². The highest BCUT2D eigenvalue weighted by atomic mass is 35.5. The zero-order valence-corrected chi connectivity index (χ0v) is 11.3. The van der Waals surface area contributed by atoms with Crippen LogP contribution in [0.1, 0.15) is 5.56 Å². The number of nitrogens with one attached hydrogen (secondary N) is 2. The Bertz CT molecular complexity index is 646. The summed E-state index contributed by atoms with van der Waals surface area (Å²) in [4.78, 5) is 31.0. The Morgan fingerprint density at radius 2 is 1.75 bits per heavy atom. The fourth-order valence-electron chi connectivity index (χ4n) is 1.47. The number of nitrogens with zero attached hydrogens (tertiary/aromatic N) is 2. The van der Waals surface area contributed by atoms with E-state index in [2.05, 4.69) is 20.6 Å². The van der Waals surface area contributed by atoms with Gasteiger partial charge >= 0.3 is 11.8 Å². The highest BCUT2D eigenvalue weighted by Crippen LogP contribution is 2.19. The molecule has 2 N–H and O–H groups in total. The first kappa shape index (κ1) is 14.0.